The van der Waals surface area contributed by atoms with E-state index in [0.717, 1.165) is 35.4 Å². The normalized spacial score (nSPS) is 14.6. The Labute approximate surface area is 155 Å². The number of pyridine rings is 1. The Morgan fingerprint density at radius 2 is 2.12 bits per heavy atom. The topological polar surface area (TPSA) is 69.0 Å². The Morgan fingerprint density at radius 3 is 2.81 bits per heavy atom. The van der Waals surface area contributed by atoms with Crippen LogP contribution < -0.4 is 10.1 Å². The minimum Gasteiger partial charge on any atom is -0.474 e. The summed E-state index contributed by atoms with van der Waals surface area (Å²) in [6.45, 7) is 4.47. The lowest BCUT2D eigenvalue weighted by Gasteiger charge is -2.15. The van der Waals surface area contributed by atoms with Gasteiger partial charge in [0.25, 0.3) is 0 Å². The van der Waals surface area contributed by atoms with Crippen LogP contribution in [0.25, 0.3) is 0 Å². The maximum absolute atomic E-state index is 12.3. The zero-order chi connectivity index (χ0) is 18.5. The molecule has 1 aliphatic rings. The monoisotopic (exact) mass is 356 g/mol. The molecule has 2 heterocycles. The fraction of sp³-hybridized carbons (Fsp3) is 0.550. The van der Waals surface area contributed by atoms with Crippen molar-refractivity contribution >= 4 is 5.91 Å². The molecule has 0 saturated heterocycles. The first-order valence-electron chi connectivity index (χ1n) is 9.41. The number of carbonyl (C=O) groups is 1. The molecule has 0 aromatic carbocycles. The number of nitrogens with one attached hydrogen (secondary N) is 1. The first-order valence-corrected chi connectivity index (χ1v) is 9.41. The van der Waals surface area contributed by atoms with Crippen LogP contribution in [0, 0.1) is 13.8 Å². The number of ether oxygens (including phenoxy) is 1. The number of nitrogens with zero attached hydrogens (tertiary/aromatic N) is 3. The quantitative estimate of drug-likeness (QED) is 0.828. The van der Waals surface area contributed by atoms with E-state index in [1.54, 1.807) is 6.20 Å². The molecule has 1 amide bonds. The van der Waals surface area contributed by atoms with Gasteiger partial charge in [-0.1, -0.05) is 6.07 Å². The van der Waals surface area contributed by atoms with Crippen molar-refractivity contribution < 1.29 is 9.53 Å². The molecule has 0 radical (unpaired) electrons. The Bertz CT molecular complexity index is 763. The first kappa shape index (κ1) is 18.4. The minimum atomic E-state index is 0.0309. The van der Waals surface area contributed by atoms with Crippen molar-refractivity contribution in [3.05, 3.63) is 40.8 Å². The van der Waals surface area contributed by atoms with Gasteiger partial charge in [0, 0.05) is 37.5 Å². The smallest absolute Gasteiger partial charge is 0.220 e. The van der Waals surface area contributed by atoms with Gasteiger partial charge in [-0.05, 0) is 57.6 Å². The zero-order valence-electron chi connectivity index (χ0n) is 15.9. The van der Waals surface area contributed by atoms with Crippen LogP contribution in [0.15, 0.2) is 18.3 Å². The predicted molar refractivity (Wildman–Crippen MR) is 100.0 cm³/mol. The van der Waals surface area contributed by atoms with E-state index in [4.69, 9.17) is 4.74 Å². The van der Waals surface area contributed by atoms with E-state index in [9.17, 15) is 4.79 Å². The van der Waals surface area contributed by atoms with Crippen molar-refractivity contribution in [3.8, 4) is 5.88 Å². The summed E-state index contributed by atoms with van der Waals surface area (Å²) in [6.07, 6.45) is 7.77. The maximum atomic E-state index is 12.3. The molecule has 26 heavy (non-hydrogen) atoms. The largest absolute Gasteiger partial charge is 0.474 e. The molecular weight excluding hydrogens is 328 g/mol. The van der Waals surface area contributed by atoms with Gasteiger partial charge in [-0.25, -0.2) is 4.98 Å². The second-order valence-corrected chi connectivity index (χ2v) is 7.04. The molecule has 6 nitrogen and oxygen atoms in total. The highest BCUT2D eigenvalue weighted by Gasteiger charge is 2.19. The van der Waals surface area contributed by atoms with Gasteiger partial charge in [0.15, 0.2) is 0 Å². The van der Waals surface area contributed by atoms with Crippen LogP contribution in [0.2, 0.25) is 0 Å². The van der Waals surface area contributed by atoms with Crippen molar-refractivity contribution in [1.82, 2.24) is 20.1 Å². The van der Waals surface area contributed by atoms with E-state index in [2.05, 4.69) is 15.4 Å². The van der Waals surface area contributed by atoms with E-state index in [1.165, 1.54) is 12.8 Å². The van der Waals surface area contributed by atoms with Crippen LogP contribution in [0.4, 0.5) is 0 Å². The van der Waals surface area contributed by atoms with Crippen molar-refractivity contribution in [1.29, 1.82) is 0 Å². The van der Waals surface area contributed by atoms with E-state index >= 15 is 0 Å². The zero-order valence-corrected chi connectivity index (χ0v) is 15.9. The van der Waals surface area contributed by atoms with Crippen LogP contribution in [-0.4, -0.2) is 26.8 Å². The van der Waals surface area contributed by atoms with Crippen molar-refractivity contribution in [2.24, 2.45) is 7.05 Å². The summed E-state index contributed by atoms with van der Waals surface area (Å²) in [5.41, 5.74) is 4.21. The molecule has 1 aliphatic carbocycles. The third-order valence-electron chi connectivity index (χ3n) is 5.17. The average Bonchev–Trinajstić information content (AvgIpc) is 3.21. The Hall–Kier alpha value is -2.37. The van der Waals surface area contributed by atoms with Crippen molar-refractivity contribution in [2.75, 3.05) is 0 Å². The predicted octanol–water partition coefficient (Wildman–Crippen LogP) is 3.00. The van der Waals surface area contributed by atoms with Gasteiger partial charge >= 0.3 is 0 Å². The van der Waals surface area contributed by atoms with Crippen molar-refractivity contribution in [2.45, 2.75) is 65.0 Å². The maximum Gasteiger partial charge on any atom is 0.220 e. The molecule has 1 saturated carbocycles. The lowest BCUT2D eigenvalue weighted by Crippen LogP contribution is -2.24. The van der Waals surface area contributed by atoms with Gasteiger partial charge in [-0.3, -0.25) is 9.48 Å². The first-order chi connectivity index (χ1) is 12.5. The Balaban J connectivity index is 1.53. The molecule has 140 valence electrons. The standard InChI is InChI=1S/C20H28N4O2/c1-14-18(15(2)24(3)23-14)10-11-19(25)22-13-16-7-6-12-21-20(16)26-17-8-4-5-9-17/h6-7,12,17H,4-5,8-11,13H2,1-3H3,(H,22,25). The van der Waals surface area contributed by atoms with E-state index < -0.39 is 0 Å². The molecule has 0 atom stereocenters. The number of amides is 1. The summed E-state index contributed by atoms with van der Waals surface area (Å²) in [7, 11) is 1.93. The fourth-order valence-electron chi connectivity index (χ4n) is 3.53. The number of hydrogen-bond donors (Lipinski definition) is 1. The summed E-state index contributed by atoms with van der Waals surface area (Å²) in [6, 6.07) is 3.85. The van der Waals surface area contributed by atoms with Gasteiger partial charge in [0.05, 0.1) is 5.69 Å². The number of rotatable bonds is 7. The van der Waals surface area contributed by atoms with Gasteiger partial charge in [-0.2, -0.15) is 5.10 Å². The van der Waals surface area contributed by atoms with Crippen LogP contribution in [0.1, 0.15) is 54.6 Å². The van der Waals surface area contributed by atoms with E-state index in [1.807, 2.05) is 37.7 Å². The Kier molecular flexibility index (Phi) is 5.91. The fourth-order valence-corrected chi connectivity index (χ4v) is 3.53. The second kappa shape index (κ2) is 8.34. The third-order valence-corrected chi connectivity index (χ3v) is 5.17. The molecular formula is C20H28N4O2. The highest BCUT2D eigenvalue weighted by Crippen LogP contribution is 2.25. The van der Waals surface area contributed by atoms with Crippen LogP contribution in [0.5, 0.6) is 5.88 Å². The Morgan fingerprint density at radius 1 is 1.35 bits per heavy atom. The van der Waals surface area contributed by atoms with Crippen molar-refractivity contribution in [3.63, 3.8) is 0 Å². The third kappa shape index (κ3) is 4.42. The highest BCUT2D eigenvalue weighted by molar-refractivity contribution is 5.76. The molecule has 0 unspecified atom stereocenters. The number of aryl methyl sites for hydroxylation is 2. The van der Waals surface area contributed by atoms with Crippen LogP contribution in [-0.2, 0) is 24.8 Å². The molecule has 1 N–H and O–H groups in total. The van der Waals surface area contributed by atoms with Gasteiger partial charge in [0.1, 0.15) is 6.10 Å². The molecule has 1 fully saturated rings. The minimum absolute atomic E-state index is 0.0309. The molecule has 0 spiro atoms. The van der Waals surface area contributed by atoms with E-state index in [-0.39, 0.29) is 12.0 Å². The lowest BCUT2D eigenvalue weighted by atomic mass is 10.1. The number of hydrogen-bond acceptors (Lipinski definition) is 4. The van der Waals surface area contributed by atoms with Gasteiger partial charge in [-0.15, -0.1) is 0 Å². The SMILES string of the molecule is Cc1nn(C)c(C)c1CCC(=O)NCc1cccnc1OC1CCCC1. The molecule has 3 rings (SSSR count). The lowest BCUT2D eigenvalue weighted by molar-refractivity contribution is -0.121. The molecule has 2 aromatic rings. The summed E-state index contributed by atoms with van der Waals surface area (Å²) < 4.78 is 7.89. The highest BCUT2D eigenvalue weighted by atomic mass is 16.5. The number of carbonyl (C=O) groups excluding carboxylic acids is 1. The summed E-state index contributed by atoms with van der Waals surface area (Å²) in [5.74, 6) is 0.682. The summed E-state index contributed by atoms with van der Waals surface area (Å²) in [5, 5.41) is 7.40. The molecule has 0 aliphatic heterocycles. The molecule has 6 heteroatoms. The molecule has 2 aromatic heterocycles. The van der Waals surface area contributed by atoms with Gasteiger partial charge in [0.2, 0.25) is 11.8 Å². The van der Waals surface area contributed by atoms with E-state index in [0.29, 0.717) is 25.3 Å². The summed E-state index contributed by atoms with van der Waals surface area (Å²) in [4.78, 5) is 16.6. The van der Waals surface area contributed by atoms with Crippen LogP contribution in [0.3, 0.4) is 0 Å². The number of aromatic nitrogens is 3. The molecule has 0 bridgehead atoms. The van der Waals surface area contributed by atoms with Gasteiger partial charge < -0.3 is 10.1 Å². The summed E-state index contributed by atoms with van der Waals surface area (Å²) >= 11 is 0. The average molecular weight is 356 g/mol. The second-order valence-electron chi connectivity index (χ2n) is 7.04. The van der Waals surface area contributed by atoms with Crippen LogP contribution >= 0.6 is 0 Å².